The van der Waals surface area contributed by atoms with Crippen LogP contribution in [0.15, 0.2) is 102 Å². The normalized spacial score (nSPS) is 12.5. The van der Waals surface area contributed by atoms with Gasteiger partial charge in [0.1, 0.15) is 24.1 Å². The molecule has 48 heavy (non-hydrogen) atoms. The molecule has 0 aromatic heterocycles. The van der Waals surface area contributed by atoms with Crippen molar-refractivity contribution in [1.82, 2.24) is 10.2 Å². The highest BCUT2D eigenvalue weighted by atomic mass is 32.2. The fourth-order valence-corrected chi connectivity index (χ4v) is 6.76. The van der Waals surface area contributed by atoms with Crippen molar-refractivity contribution in [1.29, 1.82) is 0 Å². The molecule has 4 aromatic carbocycles. The van der Waals surface area contributed by atoms with E-state index in [1.807, 2.05) is 82.3 Å². The number of nitrogens with zero attached hydrogens (tertiary/aromatic N) is 2. The van der Waals surface area contributed by atoms with Crippen LogP contribution < -0.4 is 19.1 Å². The van der Waals surface area contributed by atoms with Crippen LogP contribution >= 0.6 is 0 Å². The van der Waals surface area contributed by atoms with Gasteiger partial charge in [0.2, 0.25) is 11.8 Å². The maximum atomic E-state index is 14.8. The van der Waals surface area contributed by atoms with Gasteiger partial charge >= 0.3 is 0 Å². The van der Waals surface area contributed by atoms with Gasteiger partial charge in [-0.25, -0.2) is 8.42 Å². The largest absolute Gasteiger partial charge is 0.497 e. The standard InChI is InChI=1S/C38H45N3O6S/c1-7-29(4)39-38(43)35(23-30-13-9-8-10-14-30)40(25-31-15-11-12-28(3)22-31)37(42)26-41(34-24-32(46-5)18-21-36(34)47-6)48(44,45)33-19-16-27(2)17-20-33/h8-22,24,29,35H,7,23,25-26H2,1-6H3,(H,39,43)/t29-,35-/m1/s1. The van der Waals surface area contributed by atoms with Crippen LogP contribution in [0.3, 0.4) is 0 Å². The van der Waals surface area contributed by atoms with Crippen LogP contribution in [0.5, 0.6) is 11.5 Å². The molecular weight excluding hydrogens is 627 g/mol. The van der Waals surface area contributed by atoms with Gasteiger partial charge in [0, 0.05) is 25.1 Å². The van der Waals surface area contributed by atoms with E-state index in [0.717, 1.165) is 26.6 Å². The summed E-state index contributed by atoms with van der Waals surface area (Å²) in [4.78, 5) is 30.3. The van der Waals surface area contributed by atoms with Crippen molar-refractivity contribution >= 4 is 27.5 Å². The summed E-state index contributed by atoms with van der Waals surface area (Å²) in [5, 5.41) is 3.06. The van der Waals surface area contributed by atoms with E-state index in [1.165, 1.54) is 37.3 Å². The zero-order valence-electron chi connectivity index (χ0n) is 28.5. The van der Waals surface area contributed by atoms with Gasteiger partial charge in [-0.3, -0.25) is 13.9 Å². The van der Waals surface area contributed by atoms with Crippen molar-refractivity contribution in [3.8, 4) is 11.5 Å². The highest BCUT2D eigenvalue weighted by Gasteiger charge is 2.36. The highest BCUT2D eigenvalue weighted by Crippen LogP contribution is 2.36. The van der Waals surface area contributed by atoms with Crippen LogP contribution in [0.25, 0.3) is 0 Å². The number of hydrogen-bond acceptors (Lipinski definition) is 6. The lowest BCUT2D eigenvalue weighted by atomic mass is 10.0. The summed E-state index contributed by atoms with van der Waals surface area (Å²) < 4.78 is 40.9. The number of carbonyl (C=O) groups excluding carboxylic acids is 2. The fourth-order valence-electron chi connectivity index (χ4n) is 5.34. The lowest BCUT2D eigenvalue weighted by molar-refractivity contribution is -0.140. The number of anilines is 1. The molecule has 9 nitrogen and oxygen atoms in total. The first-order chi connectivity index (χ1) is 23.0. The van der Waals surface area contributed by atoms with E-state index in [-0.39, 0.29) is 41.2 Å². The number of aryl methyl sites for hydroxylation is 2. The molecule has 1 N–H and O–H groups in total. The topological polar surface area (TPSA) is 105 Å². The second-order valence-corrected chi connectivity index (χ2v) is 13.8. The maximum Gasteiger partial charge on any atom is 0.264 e. The van der Waals surface area contributed by atoms with Crippen LogP contribution in [0.4, 0.5) is 5.69 Å². The maximum absolute atomic E-state index is 14.8. The average molecular weight is 672 g/mol. The molecule has 0 aliphatic rings. The molecule has 0 unspecified atom stereocenters. The predicted octanol–water partition coefficient (Wildman–Crippen LogP) is 6.07. The minimum atomic E-state index is -4.31. The summed E-state index contributed by atoms with van der Waals surface area (Å²) in [5.74, 6) is -0.257. The molecular formula is C38H45N3O6S. The van der Waals surface area contributed by atoms with E-state index in [0.29, 0.717) is 12.2 Å². The Kier molecular flexibility index (Phi) is 12.2. The van der Waals surface area contributed by atoms with E-state index < -0.39 is 28.5 Å². The summed E-state index contributed by atoms with van der Waals surface area (Å²) in [5.41, 5.74) is 3.68. The molecule has 0 spiro atoms. The third kappa shape index (κ3) is 8.95. The molecule has 254 valence electrons. The Hall–Kier alpha value is -4.83. The number of carbonyl (C=O) groups is 2. The number of rotatable bonds is 15. The van der Waals surface area contributed by atoms with Crippen LogP contribution in [-0.2, 0) is 32.6 Å². The Morgan fingerprint density at radius 1 is 0.812 bits per heavy atom. The molecule has 4 aromatic rings. The van der Waals surface area contributed by atoms with Gasteiger partial charge in [0.25, 0.3) is 10.0 Å². The Balaban J connectivity index is 1.87. The predicted molar refractivity (Wildman–Crippen MR) is 189 cm³/mol. The van der Waals surface area contributed by atoms with E-state index in [9.17, 15) is 18.0 Å². The molecule has 0 aliphatic heterocycles. The molecule has 2 atom stereocenters. The lowest BCUT2D eigenvalue weighted by Gasteiger charge is -2.34. The second-order valence-electron chi connectivity index (χ2n) is 11.9. The van der Waals surface area contributed by atoms with Gasteiger partial charge in [-0.2, -0.15) is 0 Å². The van der Waals surface area contributed by atoms with Gasteiger partial charge < -0.3 is 19.7 Å². The number of ether oxygens (including phenoxy) is 2. The molecule has 0 saturated carbocycles. The Labute approximate surface area is 284 Å². The van der Waals surface area contributed by atoms with Gasteiger partial charge in [-0.1, -0.05) is 84.8 Å². The number of benzene rings is 4. The molecule has 0 bridgehead atoms. The Morgan fingerprint density at radius 2 is 1.50 bits per heavy atom. The lowest BCUT2D eigenvalue weighted by Crippen LogP contribution is -2.54. The molecule has 0 fully saturated rings. The monoisotopic (exact) mass is 671 g/mol. The van der Waals surface area contributed by atoms with Crippen molar-refractivity contribution in [2.24, 2.45) is 0 Å². The summed E-state index contributed by atoms with van der Waals surface area (Å²) in [7, 11) is -1.41. The number of amides is 2. The SMILES string of the molecule is CC[C@@H](C)NC(=O)[C@@H](Cc1ccccc1)N(Cc1cccc(C)c1)C(=O)CN(c1cc(OC)ccc1OC)S(=O)(=O)c1ccc(C)cc1. The first-order valence-corrected chi connectivity index (χ1v) is 17.4. The van der Waals surface area contributed by atoms with Crippen LogP contribution in [-0.4, -0.2) is 58.0 Å². The minimum absolute atomic E-state index is 0.00589. The average Bonchev–Trinajstić information content (AvgIpc) is 3.08. The summed E-state index contributed by atoms with van der Waals surface area (Å²) in [6.07, 6.45) is 0.932. The summed E-state index contributed by atoms with van der Waals surface area (Å²) in [6, 6.07) is 27.3. The molecule has 4 rings (SSSR count). The number of hydrogen-bond donors (Lipinski definition) is 1. The third-order valence-electron chi connectivity index (χ3n) is 8.25. The van der Waals surface area contributed by atoms with Crippen molar-refractivity contribution in [3.05, 3.63) is 119 Å². The molecule has 0 aliphatic carbocycles. The van der Waals surface area contributed by atoms with Crippen molar-refractivity contribution in [2.45, 2.75) is 64.1 Å². The van der Waals surface area contributed by atoms with Crippen molar-refractivity contribution in [2.75, 3.05) is 25.1 Å². The van der Waals surface area contributed by atoms with Gasteiger partial charge in [-0.05, 0) is 62.6 Å². The number of nitrogens with one attached hydrogen (secondary N) is 1. The van der Waals surface area contributed by atoms with E-state index in [1.54, 1.807) is 24.3 Å². The van der Waals surface area contributed by atoms with Crippen molar-refractivity contribution in [3.63, 3.8) is 0 Å². The smallest absolute Gasteiger partial charge is 0.264 e. The highest BCUT2D eigenvalue weighted by molar-refractivity contribution is 7.92. The van der Waals surface area contributed by atoms with E-state index in [2.05, 4.69) is 5.32 Å². The minimum Gasteiger partial charge on any atom is -0.497 e. The van der Waals surface area contributed by atoms with Crippen molar-refractivity contribution < 1.29 is 27.5 Å². The van der Waals surface area contributed by atoms with Crippen LogP contribution in [0.1, 0.15) is 42.5 Å². The third-order valence-corrected chi connectivity index (χ3v) is 10.0. The van der Waals surface area contributed by atoms with Crippen LogP contribution in [0.2, 0.25) is 0 Å². The number of sulfonamides is 1. The molecule has 0 heterocycles. The van der Waals surface area contributed by atoms with E-state index in [4.69, 9.17) is 9.47 Å². The first kappa shape index (κ1) is 36.0. The summed E-state index contributed by atoms with van der Waals surface area (Å²) in [6.45, 7) is 7.19. The second kappa shape index (κ2) is 16.3. The molecule has 0 radical (unpaired) electrons. The zero-order valence-corrected chi connectivity index (χ0v) is 29.3. The quantitative estimate of drug-likeness (QED) is 0.165. The molecule has 0 saturated heterocycles. The van der Waals surface area contributed by atoms with Crippen LogP contribution in [0, 0.1) is 13.8 Å². The Morgan fingerprint density at radius 3 is 2.12 bits per heavy atom. The fraction of sp³-hybridized carbons (Fsp3) is 0.316. The zero-order chi connectivity index (χ0) is 34.8. The van der Waals surface area contributed by atoms with Gasteiger partial charge in [-0.15, -0.1) is 0 Å². The molecule has 2 amide bonds. The first-order valence-electron chi connectivity index (χ1n) is 16.0. The number of methoxy groups -OCH3 is 2. The van der Waals surface area contributed by atoms with E-state index >= 15 is 0 Å². The van der Waals surface area contributed by atoms with Gasteiger partial charge in [0.05, 0.1) is 24.8 Å². The van der Waals surface area contributed by atoms with Gasteiger partial charge in [0.15, 0.2) is 0 Å². The Bertz CT molecular complexity index is 1800. The molecule has 10 heteroatoms. The summed E-state index contributed by atoms with van der Waals surface area (Å²) >= 11 is 0.